The first-order chi connectivity index (χ1) is 12.0. The number of hydrogen-bond acceptors (Lipinski definition) is 5. The molecule has 1 atom stereocenters. The van der Waals surface area contributed by atoms with Crippen molar-refractivity contribution in [1.29, 1.82) is 0 Å². The van der Waals surface area contributed by atoms with Crippen LogP contribution in [-0.2, 0) is 29.2 Å². The molecule has 29 heavy (non-hydrogen) atoms. The van der Waals surface area contributed by atoms with Crippen molar-refractivity contribution in [2.45, 2.75) is 57.0 Å². The maximum atomic E-state index is 12.2. The number of benzene rings is 1. The Morgan fingerprint density at radius 1 is 0.759 bits per heavy atom. The topological polar surface area (TPSA) is 196 Å². The summed E-state index contributed by atoms with van der Waals surface area (Å²) in [6.07, 6.45) is 0. The number of aromatic hydroxyl groups is 1. The summed E-state index contributed by atoms with van der Waals surface area (Å²) >= 11 is 0. The normalized spacial score (nSPS) is 16.1. The minimum atomic E-state index is -6.39. The number of rotatable bonds is 4. The number of phenols is 1. The van der Waals surface area contributed by atoms with E-state index in [1.165, 1.54) is 0 Å². The summed E-state index contributed by atoms with van der Waals surface area (Å²) in [5.74, 6) is -0.312. The SMILES string of the molecule is CC(C)(C)c1cc(C(P(=O)([O-])O)(P(=O)(O)O)P(=O)(O)O)cc(C(C)(C)C)c1O.[Na+]. The van der Waals surface area contributed by atoms with Gasteiger partial charge in [0.25, 0.3) is 4.64 Å². The van der Waals surface area contributed by atoms with Gasteiger partial charge in [0.1, 0.15) is 5.75 Å². The molecule has 10 nitrogen and oxygen atoms in total. The Hall–Kier alpha value is 0.470. The van der Waals surface area contributed by atoms with Gasteiger partial charge in [-0.1, -0.05) is 41.5 Å². The van der Waals surface area contributed by atoms with Gasteiger partial charge in [0.15, 0.2) is 7.60 Å². The molecule has 0 bridgehead atoms. The molecule has 0 radical (unpaired) electrons. The zero-order valence-electron chi connectivity index (χ0n) is 17.3. The van der Waals surface area contributed by atoms with Crippen molar-refractivity contribution in [3.05, 3.63) is 28.8 Å². The molecular formula is C15H26NaO10P3. The molecule has 0 aliphatic carbocycles. The number of hydrogen-bond donors (Lipinski definition) is 6. The fourth-order valence-electron chi connectivity index (χ4n) is 2.97. The third kappa shape index (κ3) is 5.28. The predicted octanol–water partition coefficient (Wildman–Crippen LogP) is -0.997. The molecule has 1 aromatic carbocycles. The average Bonchev–Trinajstić information content (AvgIpc) is 2.32. The van der Waals surface area contributed by atoms with Crippen molar-refractivity contribution >= 4 is 22.8 Å². The molecule has 0 saturated heterocycles. The Morgan fingerprint density at radius 2 is 1.03 bits per heavy atom. The van der Waals surface area contributed by atoms with E-state index in [4.69, 9.17) is 0 Å². The summed E-state index contributed by atoms with van der Waals surface area (Å²) in [7, 11) is -18.8. The van der Waals surface area contributed by atoms with Crippen molar-refractivity contribution in [3.63, 3.8) is 0 Å². The van der Waals surface area contributed by atoms with E-state index in [2.05, 4.69) is 0 Å². The largest absolute Gasteiger partial charge is 1.00 e. The van der Waals surface area contributed by atoms with Crippen LogP contribution in [0.3, 0.4) is 0 Å². The van der Waals surface area contributed by atoms with Gasteiger partial charge in [-0.2, -0.15) is 0 Å². The van der Waals surface area contributed by atoms with Crippen LogP contribution in [-0.4, -0.2) is 29.6 Å². The minimum absolute atomic E-state index is 0. The quantitative estimate of drug-likeness (QED) is 0.229. The maximum absolute atomic E-state index is 12.2. The molecule has 0 aliphatic rings. The van der Waals surface area contributed by atoms with Gasteiger partial charge >= 0.3 is 44.7 Å². The molecular weight excluding hydrogens is 456 g/mol. The first kappa shape index (κ1) is 29.5. The third-order valence-electron chi connectivity index (χ3n) is 4.32. The summed E-state index contributed by atoms with van der Waals surface area (Å²) in [5, 5.41) is 10.7. The van der Waals surface area contributed by atoms with E-state index in [1.54, 1.807) is 41.5 Å². The first-order valence-corrected chi connectivity index (χ1v) is 12.8. The first-order valence-electron chi connectivity index (χ1n) is 8.03. The zero-order valence-corrected chi connectivity index (χ0v) is 22.0. The average molecular weight is 482 g/mol. The Morgan fingerprint density at radius 3 is 1.21 bits per heavy atom. The fourth-order valence-corrected chi connectivity index (χ4v) is 8.35. The van der Waals surface area contributed by atoms with Gasteiger partial charge in [0.05, 0.1) is 0 Å². The summed E-state index contributed by atoms with van der Waals surface area (Å²) in [6, 6.07) is 1.59. The second-order valence-electron chi connectivity index (χ2n) is 8.66. The van der Waals surface area contributed by atoms with Crippen molar-refractivity contribution in [1.82, 2.24) is 0 Å². The van der Waals surface area contributed by atoms with E-state index in [0.717, 1.165) is 12.1 Å². The number of phenolic OH excluding ortho intramolecular Hbond substituents is 1. The second kappa shape index (κ2) is 8.43. The minimum Gasteiger partial charge on any atom is -0.777 e. The molecule has 0 amide bonds. The molecule has 1 unspecified atom stereocenters. The maximum Gasteiger partial charge on any atom is 1.00 e. The smallest absolute Gasteiger partial charge is 0.777 e. The van der Waals surface area contributed by atoms with E-state index < -0.39 is 43.8 Å². The Bertz CT molecular complexity index is 823. The van der Waals surface area contributed by atoms with Crippen molar-refractivity contribution in [2.75, 3.05) is 0 Å². The van der Waals surface area contributed by atoms with Crippen LogP contribution in [0.25, 0.3) is 0 Å². The molecule has 0 spiro atoms. The van der Waals surface area contributed by atoms with Gasteiger partial charge in [-0.3, -0.25) is 9.13 Å². The molecule has 0 fully saturated rings. The van der Waals surface area contributed by atoms with E-state index >= 15 is 0 Å². The summed E-state index contributed by atoms with van der Waals surface area (Å²) < 4.78 is 32.2. The summed E-state index contributed by atoms with van der Waals surface area (Å²) in [4.78, 5) is 60.7. The molecule has 0 aliphatic heterocycles. The van der Waals surface area contributed by atoms with Crippen molar-refractivity contribution < 1.29 is 77.7 Å². The molecule has 6 N–H and O–H groups in total. The molecule has 162 valence electrons. The molecule has 1 rings (SSSR count). The van der Waals surface area contributed by atoms with Crippen LogP contribution in [0, 0.1) is 0 Å². The summed E-state index contributed by atoms with van der Waals surface area (Å²) in [6.45, 7) is 9.61. The van der Waals surface area contributed by atoms with Crippen LogP contribution in [0.5, 0.6) is 5.75 Å². The standard InChI is InChI=1S/C15H27O10P3.Na/c1-13(2,3)10-7-9(8-11(12(10)16)14(4,5)6)15(26(17,18)19,27(20,21)22)28(23,24)25;/h7-8,16H,1-6H3,(H2,17,18,19)(H2,20,21,22)(H2,23,24,25);/q;+1/p-1. The van der Waals surface area contributed by atoms with E-state index in [-0.39, 0.29) is 46.4 Å². The van der Waals surface area contributed by atoms with Gasteiger partial charge in [-0.05, 0) is 39.7 Å². The van der Waals surface area contributed by atoms with E-state index in [0.29, 0.717) is 0 Å². The van der Waals surface area contributed by atoms with E-state index in [9.17, 15) is 48.2 Å². The molecule has 14 heteroatoms. The van der Waals surface area contributed by atoms with Gasteiger partial charge in [0, 0.05) is 0 Å². The van der Waals surface area contributed by atoms with Crippen LogP contribution in [0.2, 0.25) is 0 Å². The molecule has 0 saturated carbocycles. The summed E-state index contributed by atoms with van der Waals surface area (Å²) in [5.41, 5.74) is -2.82. The van der Waals surface area contributed by atoms with Gasteiger partial charge in [0.2, 0.25) is 0 Å². The van der Waals surface area contributed by atoms with Gasteiger partial charge in [-0.25, -0.2) is 0 Å². The zero-order chi connectivity index (χ0) is 22.7. The van der Waals surface area contributed by atoms with Crippen molar-refractivity contribution in [3.8, 4) is 5.75 Å². The van der Waals surface area contributed by atoms with Crippen LogP contribution in [0.15, 0.2) is 12.1 Å². The van der Waals surface area contributed by atoms with Crippen LogP contribution >= 0.6 is 22.8 Å². The van der Waals surface area contributed by atoms with Crippen LogP contribution in [0.1, 0.15) is 58.2 Å². The van der Waals surface area contributed by atoms with Gasteiger partial charge < -0.3 is 39.0 Å². The molecule has 1 aromatic rings. The van der Waals surface area contributed by atoms with Crippen LogP contribution in [0.4, 0.5) is 0 Å². The Kier molecular flexibility index (Phi) is 8.57. The molecule has 0 heterocycles. The second-order valence-corrected chi connectivity index (χ2v) is 15.0. The predicted molar refractivity (Wildman–Crippen MR) is 101 cm³/mol. The van der Waals surface area contributed by atoms with Crippen molar-refractivity contribution in [2.24, 2.45) is 0 Å². The monoisotopic (exact) mass is 482 g/mol. The van der Waals surface area contributed by atoms with Crippen LogP contribution < -0.4 is 34.5 Å². The van der Waals surface area contributed by atoms with E-state index in [1.807, 2.05) is 0 Å². The Labute approximate surface area is 191 Å². The third-order valence-corrected chi connectivity index (χ3v) is 12.1. The Balaban J connectivity index is 0.00000784. The fraction of sp³-hybridized carbons (Fsp3) is 0.600. The molecule has 0 aromatic heterocycles. The van der Waals surface area contributed by atoms with Gasteiger partial charge in [-0.15, -0.1) is 0 Å².